The minimum absolute atomic E-state index is 0.0495. The maximum atomic E-state index is 11.8. The molecule has 0 aliphatic carbocycles. The summed E-state index contributed by atoms with van der Waals surface area (Å²) in [5, 5.41) is 17.9. The number of carbonyl (C=O) groups excluding carboxylic acids is 1. The highest BCUT2D eigenvalue weighted by atomic mass is 16.4. The lowest BCUT2D eigenvalue weighted by molar-refractivity contribution is -0.141. The van der Waals surface area contributed by atoms with Crippen LogP contribution in [0.25, 0.3) is 0 Å². The van der Waals surface area contributed by atoms with Crippen LogP contribution in [-0.2, 0) is 9.59 Å². The van der Waals surface area contributed by atoms with Crippen molar-refractivity contribution < 1.29 is 24.6 Å². The van der Waals surface area contributed by atoms with Gasteiger partial charge in [0, 0.05) is 18.7 Å². The summed E-state index contributed by atoms with van der Waals surface area (Å²) in [6, 6.07) is 4.47. The highest BCUT2D eigenvalue weighted by Crippen LogP contribution is 2.29. The fourth-order valence-electron chi connectivity index (χ4n) is 2.14. The number of aromatic carboxylic acids is 1. The number of hydrogen-bond acceptors (Lipinski definition) is 3. The number of amides is 1. The van der Waals surface area contributed by atoms with E-state index in [-0.39, 0.29) is 24.4 Å². The van der Waals surface area contributed by atoms with Crippen LogP contribution in [0.1, 0.15) is 22.3 Å². The molecule has 1 aliphatic rings. The van der Waals surface area contributed by atoms with Gasteiger partial charge in [0.2, 0.25) is 5.91 Å². The minimum Gasteiger partial charge on any atom is -0.481 e. The third kappa shape index (κ3) is 2.42. The van der Waals surface area contributed by atoms with Crippen molar-refractivity contribution in [3.8, 4) is 0 Å². The van der Waals surface area contributed by atoms with E-state index >= 15 is 0 Å². The molecule has 2 rings (SSSR count). The van der Waals surface area contributed by atoms with Gasteiger partial charge in [0.25, 0.3) is 0 Å². The molecule has 2 N–H and O–H groups in total. The molecule has 0 saturated carbocycles. The Morgan fingerprint density at radius 1 is 1.32 bits per heavy atom. The Balaban J connectivity index is 2.36. The first-order valence-corrected chi connectivity index (χ1v) is 5.77. The molecule has 1 aromatic rings. The lowest BCUT2D eigenvalue weighted by Crippen LogP contribution is -2.26. The van der Waals surface area contributed by atoms with Crippen LogP contribution in [0.3, 0.4) is 0 Å². The average Bonchev–Trinajstić information content (AvgIpc) is 2.72. The maximum Gasteiger partial charge on any atom is 0.335 e. The summed E-state index contributed by atoms with van der Waals surface area (Å²) in [4.78, 5) is 35.0. The summed E-state index contributed by atoms with van der Waals surface area (Å²) in [7, 11) is 0. The van der Waals surface area contributed by atoms with Gasteiger partial charge in [-0.3, -0.25) is 9.59 Å². The first kappa shape index (κ1) is 13.1. The van der Waals surface area contributed by atoms with E-state index in [9.17, 15) is 14.4 Å². The number of anilines is 1. The first-order valence-electron chi connectivity index (χ1n) is 5.77. The Morgan fingerprint density at radius 2 is 2.00 bits per heavy atom. The Morgan fingerprint density at radius 3 is 2.53 bits per heavy atom. The van der Waals surface area contributed by atoms with Gasteiger partial charge < -0.3 is 15.1 Å². The summed E-state index contributed by atoms with van der Waals surface area (Å²) < 4.78 is 0. The fraction of sp³-hybridized carbons (Fsp3) is 0.308. The second-order valence-corrected chi connectivity index (χ2v) is 4.55. The van der Waals surface area contributed by atoms with E-state index in [1.54, 1.807) is 13.0 Å². The van der Waals surface area contributed by atoms with Gasteiger partial charge in [-0.1, -0.05) is 6.07 Å². The Labute approximate surface area is 109 Å². The molecule has 1 amide bonds. The average molecular weight is 263 g/mol. The van der Waals surface area contributed by atoms with Crippen LogP contribution in [0.5, 0.6) is 0 Å². The van der Waals surface area contributed by atoms with E-state index in [0.717, 1.165) is 5.56 Å². The SMILES string of the molecule is Cc1ccc(C(=O)O)cc1N1C[C@H](C(=O)O)CC1=O. The van der Waals surface area contributed by atoms with E-state index in [1.807, 2.05) is 0 Å². The summed E-state index contributed by atoms with van der Waals surface area (Å²) in [5.74, 6) is -3.12. The highest BCUT2D eigenvalue weighted by molar-refractivity contribution is 6.01. The molecule has 0 unspecified atom stereocenters. The van der Waals surface area contributed by atoms with Crippen molar-refractivity contribution in [1.29, 1.82) is 0 Å². The molecule has 6 nitrogen and oxygen atoms in total. The van der Waals surface area contributed by atoms with Crippen LogP contribution in [0.2, 0.25) is 0 Å². The zero-order valence-corrected chi connectivity index (χ0v) is 10.3. The van der Waals surface area contributed by atoms with Gasteiger partial charge >= 0.3 is 11.9 Å². The molecule has 0 radical (unpaired) electrons. The largest absolute Gasteiger partial charge is 0.481 e. The van der Waals surface area contributed by atoms with Gasteiger partial charge in [-0.15, -0.1) is 0 Å². The Bertz CT molecular complexity index is 566. The number of rotatable bonds is 3. The van der Waals surface area contributed by atoms with Crippen LogP contribution in [0.15, 0.2) is 18.2 Å². The van der Waals surface area contributed by atoms with Crippen LogP contribution in [0, 0.1) is 12.8 Å². The van der Waals surface area contributed by atoms with Gasteiger partial charge in [0.15, 0.2) is 0 Å². The fourth-order valence-corrected chi connectivity index (χ4v) is 2.14. The van der Waals surface area contributed by atoms with E-state index in [1.165, 1.54) is 17.0 Å². The molecule has 1 saturated heterocycles. The van der Waals surface area contributed by atoms with E-state index in [4.69, 9.17) is 10.2 Å². The molecule has 1 atom stereocenters. The maximum absolute atomic E-state index is 11.8. The molecule has 0 spiro atoms. The molecule has 1 aromatic carbocycles. The number of aliphatic carboxylic acids is 1. The van der Waals surface area contributed by atoms with Crippen molar-refractivity contribution in [3.05, 3.63) is 29.3 Å². The summed E-state index contributed by atoms with van der Waals surface area (Å²) in [6.45, 7) is 1.83. The number of benzene rings is 1. The lowest BCUT2D eigenvalue weighted by atomic mass is 10.1. The van der Waals surface area contributed by atoms with Crippen LogP contribution >= 0.6 is 0 Å². The van der Waals surface area contributed by atoms with Crippen molar-refractivity contribution in [2.24, 2.45) is 5.92 Å². The normalized spacial score (nSPS) is 18.7. The number of carboxylic acid groups (broad SMARTS) is 2. The topological polar surface area (TPSA) is 94.9 Å². The molecule has 100 valence electrons. The van der Waals surface area contributed by atoms with E-state index in [2.05, 4.69) is 0 Å². The van der Waals surface area contributed by atoms with Crippen molar-refractivity contribution in [3.63, 3.8) is 0 Å². The molecule has 0 bridgehead atoms. The molecular weight excluding hydrogens is 250 g/mol. The zero-order chi connectivity index (χ0) is 14.2. The Hall–Kier alpha value is -2.37. The van der Waals surface area contributed by atoms with E-state index < -0.39 is 17.9 Å². The molecule has 1 heterocycles. The number of hydrogen-bond donors (Lipinski definition) is 2. The van der Waals surface area contributed by atoms with Crippen LogP contribution in [-0.4, -0.2) is 34.6 Å². The number of aryl methyl sites for hydroxylation is 1. The van der Waals surface area contributed by atoms with Crippen molar-refractivity contribution in [2.45, 2.75) is 13.3 Å². The second-order valence-electron chi connectivity index (χ2n) is 4.55. The quantitative estimate of drug-likeness (QED) is 0.852. The van der Waals surface area contributed by atoms with Crippen molar-refractivity contribution in [2.75, 3.05) is 11.4 Å². The summed E-state index contributed by atoms with van der Waals surface area (Å²) in [6.07, 6.45) is -0.0495. The zero-order valence-electron chi connectivity index (χ0n) is 10.3. The smallest absolute Gasteiger partial charge is 0.335 e. The molecule has 1 fully saturated rings. The van der Waals surface area contributed by atoms with Crippen molar-refractivity contribution >= 4 is 23.5 Å². The lowest BCUT2D eigenvalue weighted by Gasteiger charge is -2.19. The van der Waals surface area contributed by atoms with Gasteiger partial charge in [-0.05, 0) is 24.6 Å². The molecular formula is C13H13NO5. The van der Waals surface area contributed by atoms with Crippen LogP contribution < -0.4 is 4.90 Å². The summed E-state index contributed by atoms with van der Waals surface area (Å²) in [5.41, 5.74) is 1.28. The molecule has 1 aliphatic heterocycles. The van der Waals surface area contributed by atoms with Gasteiger partial charge in [0.1, 0.15) is 0 Å². The number of nitrogens with zero attached hydrogens (tertiary/aromatic N) is 1. The van der Waals surface area contributed by atoms with Gasteiger partial charge in [-0.25, -0.2) is 4.79 Å². The van der Waals surface area contributed by atoms with E-state index in [0.29, 0.717) is 5.69 Å². The first-order chi connectivity index (χ1) is 8.90. The Kier molecular flexibility index (Phi) is 3.25. The van der Waals surface area contributed by atoms with Gasteiger partial charge in [0.05, 0.1) is 11.5 Å². The highest BCUT2D eigenvalue weighted by Gasteiger charge is 2.35. The number of carboxylic acids is 2. The predicted molar refractivity (Wildman–Crippen MR) is 66.2 cm³/mol. The standard InChI is InChI=1S/C13H13NO5/c1-7-2-3-8(12(16)17)4-10(7)14-6-9(13(18)19)5-11(14)15/h2-4,9H,5-6H2,1H3,(H,16,17)(H,18,19)/t9-/m1/s1. The van der Waals surface area contributed by atoms with Crippen molar-refractivity contribution in [1.82, 2.24) is 0 Å². The predicted octanol–water partition coefficient (Wildman–Crippen LogP) is 1.13. The van der Waals surface area contributed by atoms with Crippen LogP contribution in [0.4, 0.5) is 5.69 Å². The third-order valence-corrected chi connectivity index (χ3v) is 3.22. The molecule has 6 heteroatoms. The summed E-state index contributed by atoms with van der Waals surface area (Å²) >= 11 is 0. The second kappa shape index (κ2) is 4.72. The third-order valence-electron chi connectivity index (χ3n) is 3.22. The van der Waals surface area contributed by atoms with Gasteiger partial charge in [-0.2, -0.15) is 0 Å². The number of carbonyl (C=O) groups is 3. The molecule has 0 aromatic heterocycles. The minimum atomic E-state index is -1.08. The monoisotopic (exact) mass is 263 g/mol. The molecule has 19 heavy (non-hydrogen) atoms.